The Morgan fingerprint density at radius 2 is 1.83 bits per heavy atom. The van der Waals surface area contributed by atoms with Crippen molar-refractivity contribution >= 4 is 50.1 Å². The number of sulfonamides is 1. The van der Waals surface area contributed by atoms with E-state index < -0.39 is 16.0 Å². The summed E-state index contributed by atoms with van der Waals surface area (Å²) in [7, 11) is 0.495. The summed E-state index contributed by atoms with van der Waals surface area (Å²) in [6, 6.07) is 11.0. The molecule has 158 valence electrons. The fourth-order valence-electron chi connectivity index (χ4n) is 2.65. The Labute approximate surface area is 184 Å². The molecule has 7 nitrogen and oxygen atoms in total. The number of esters is 1. The van der Waals surface area contributed by atoms with Crippen LogP contribution in [0.25, 0.3) is 10.9 Å². The Morgan fingerprint density at radius 1 is 1.10 bits per heavy atom. The lowest BCUT2D eigenvalue weighted by atomic mass is 10.1. The van der Waals surface area contributed by atoms with E-state index in [1.165, 1.54) is 32.3 Å². The first-order chi connectivity index (χ1) is 14.1. The zero-order chi connectivity index (χ0) is 22.1. The van der Waals surface area contributed by atoms with Crippen molar-refractivity contribution in [1.29, 1.82) is 0 Å². The average molecular weight is 469 g/mol. The van der Waals surface area contributed by atoms with Gasteiger partial charge in [0.1, 0.15) is 22.4 Å². The second kappa shape index (κ2) is 8.77. The second-order valence-electron chi connectivity index (χ2n) is 6.51. The summed E-state index contributed by atoms with van der Waals surface area (Å²) in [6.45, 7) is -0.134. The number of methoxy groups -OCH3 is 1. The molecule has 0 radical (unpaired) electrons. The molecule has 0 bridgehead atoms. The molecule has 0 saturated carbocycles. The summed E-state index contributed by atoms with van der Waals surface area (Å²) in [5, 5.41) is 1.00. The highest BCUT2D eigenvalue weighted by Crippen LogP contribution is 2.27. The summed E-state index contributed by atoms with van der Waals surface area (Å²) in [4.78, 5) is 16.6. The van der Waals surface area contributed by atoms with Gasteiger partial charge in [0.15, 0.2) is 0 Å². The van der Waals surface area contributed by atoms with Crippen molar-refractivity contribution in [2.75, 3.05) is 21.2 Å². The molecule has 0 spiro atoms. The van der Waals surface area contributed by atoms with E-state index in [-0.39, 0.29) is 27.2 Å². The molecule has 2 aromatic carbocycles. The van der Waals surface area contributed by atoms with Crippen LogP contribution in [-0.4, -0.2) is 44.9 Å². The summed E-state index contributed by atoms with van der Waals surface area (Å²) in [6.07, 6.45) is 0. The minimum atomic E-state index is -3.82. The van der Waals surface area contributed by atoms with E-state index in [0.29, 0.717) is 16.8 Å². The topological polar surface area (TPSA) is 85.8 Å². The van der Waals surface area contributed by atoms with Gasteiger partial charge in [-0.25, -0.2) is 22.5 Å². The highest BCUT2D eigenvalue weighted by molar-refractivity contribution is 7.89. The normalized spacial score (nSPS) is 11.7. The third kappa shape index (κ3) is 4.52. The van der Waals surface area contributed by atoms with Crippen molar-refractivity contribution in [3.63, 3.8) is 0 Å². The number of carbonyl (C=O) groups excluding carboxylic acids is 1. The van der Waals surface area contributed by atoms with Gasteiger partial charge in [0, 0.05) is 31.1 Å². The summed E-state index contributed by atoms with van der Waals surface area (Å²) < 4.78 is 36.3. The maximum Gasteiger partial charge on any atom is 0.338 e. The van der Waals surface area contributed by atoms with Crippen molar-refractivity contribution in [1.82, 2.24) is 9.29 Å². The molecule has 0 aliphatic carbocycles. The molecule has 30 heavy (non-hydrogen) atoms. The van der Waals surface area contributed by atoms with Gasteiger partial charge in [-0.2, -0.15) is 0 Å². The van der Waals surface area contributed by atoms with Gasteiger partial charge < -0.3 is 9.47 Å². The first kappa shape index (κ1) is 22.3. The molecular formula is C20H18Cl2N2O5S. The monoisotopic (exact) mass is 468 g/mol. The van der Waals surface area contributed by atoms with Crippen LogP contribution in [0.5, 0.6) is 5.75 Å². The van der Waals surface area contributed by atoms with Crippen LogP contribution in [0.15, 0.2) is 47.4 Å². The fraction of sp³-hybridized carbons (Fsp3) is 0.200. The third-order valence-corrected chi connectivity index (χ3v) is 6.96. The van der Waals surface area contributed by atoms with Crippen molar-refractivity contribution in [3.8, 4) is 5.75 Å². The predicted octanol–water partition coefficient (Wildman–Crippen LogP) is 4.16. The number of aromatic nitrogens is 1. The van der Waals surface area contributed by atoms with Gasteiger partial charge in [-0.05, 0) is 36.4 Å². The van der Waals surface area contributed by atoms with E-state index in [0.717, 1.165) is 9.69 Å². The van der Waals surface area contributed by atoms with Gasteiger partial charge in [0.25, 0.3) is 0 Å². The molecule has 0 aliphatic rings. The first-order valence-corrected chi connectivity index (χ1v) is 10.9. The molecule has 3 rings (SSSR count). The van der Waals surface area contributed by atoms with Crippen molar-refractivity contribution < 1.29 is 22.7 Å². The lowest BCUT2D eigenvalue weighted by Gasteiger charge is -2.14. The van der Waals surface area contributed by atoms with E-state index in [4.69, 9.17) is 32.7 Å². The van der Waals surface area contributed by atoms with Crippen molar-refractivity contribution in [2.24, 2.45) is 0 Å². The molecule has 1 heterocycles. The molecule has 0 atom stereocenters. The van der Waals surface area contributed by atoms with E-state index in [1.807, 2.05) is 6.07 Å². The molecule has 0 aliphatic heterocycles. The predicted molar refractivity (Wildman–Crippen MR) is 115 cm³/mol. The summed E-state index contributed by atoms with van der Waals surface area (Å²) in [5.74, 6) is -0.0655. The number of pyridine rings is 1. The number of halogens is 2. The average Bonchev–Trinajstić information content (AvgIpc) is 2.71. The van der Waals surface area contributed by atoms with Crippen LogP contribution in [0, 0.1) is 0 Å². The van der Waals surface area contributed by atoms with E-state index in [9.17, 15) is 13.2 Å². The summed E-state index contributed by atoms with van der Waals surface area (Å²) in [5.41, 5.74) is 1.21. The SMILES string of the molecule is COc1ccc2cc(COC(=O)c3ccc(Cl)c(S(=O)(=O)N(C)C)c3)c(Cl)nc2c1. The Morgan fingerprint density at radius 3 is 2.50 bits per heavy atom. The number of ether oxygens (including phenoxy) is 2. The van der Waals surface area contributed by atoms with Gasteiger partial charge in [0.05, 0.1) is 23.2 Å². The lowest BCUT2D eigenvalue weighted by molar-refractivity contribution is 0.0472. The van der Waals surface area contributed by atoms with Gasteiger partial charge >= 0.3 is 5.97 Å². The summed E-state index contributed by atoms with van der Waals surface area (Å²) >= 11 is 12.2. The van der Waals surface area contributed by atoms with E-state index in [1.54, 1.807) is 25.3 Å². The Kier molecular flexibility index (Phi) is 6.52. The van der Waals surface area contributed by atoms with Gasteiger partial charge in [-0.15, -0.1) is 0 Å². The number of rotatable bonds is 6. The smallest absolute Gasteiger partial charge is 0.338 e. The Balaban J connectivity index is 1.83. The van der Waals surface area contributed by atoms with Crippen LogP contribution in [0.3, 0.4) is 0 Å². The quantitative estimate of drug-likeness (QED) is 0.398. The maximum atomic E-state index is 12.5. The molecule has 0 amide bonds. The maximum absolute atomic E-state index is 12.5. The molecule has 0 unspecified atom stereocenters. The van der Waals surface area contributed by atoms with Crippen LogP contribution >= 0.6 is 23.2 Å². The van der Waals surface area contributed by atoms with Crippen molar-refractivity contribution in [3.05, 3.63) is 63.8 Å². The van der Waals surface area contributed by atoms with Gasteiger partial charge in [0.2, 0.25) is 10.0 Å². The molecule has 1 aromatic heterocycles. The molecule has 0 N–H and O–H groups in total. The standard InChI is InChI=1S/C20H18Cl2N2O5S/c1-24(2)30(26,27)18-9-13(5-7-16(18)21)20(25)29-11-14-8-12-4-6-15(28-3)10-17(12)23-19(14)22/h4-10H,11H2,1-3H3. The molecule has 3 aromatic rings. The highest BCUT2D eigenvalue weighted by Gasteiger charge is 2.23. The number of fused-ring (bicyclic) bond motifs is 1. The molecular weight excluding hydrogens is 451 g/mol. The first-order valence-electron chi connectivity index (χ1n) is 8.66. The third-order valence-electron chi connectivity index (χ3n) is 4.34. The zero-order valence-electron chi connectivity index (χ0n) is 16.3. The fourth-order valence-corrected chi connectivity index (χ4v) is 4.24. The number of nitrogens with zero attached hydrogens (tertiary/aromatic N) is 2. The van der Waals surface area contributed by atoms with Gasteiger partial charge in [-0.1, -0.05) is 23.2 Å². The minimum absolute atomic E-state index is 0.0115. The number of carbonyl (C=O) groups is 1. The largest absolute Gasteiger partial charge is 0.497 e. The highest BCUT2D eigenvalue weighted by atomic mass is 35.5. The van der Waals surface area contributed by atoms with Crippen LogP contribution in [0.2, 0.25) is 10.2 Å². The van der Waals surface area contributed by atoms with Crippen LogP contribution in [-0.2, 0) is 21.4 Å². The second-order valence-corrected chi connectivity index (χ2v) is 9.39. The Bertz CT molecular complexity index is 1230. The van der Waals surface area contributed by atoms with Gasteiger partial charge in [-0.3, -0.25) is 0 Å². The number of hydrogen-bond acceptors (Lipinski definition) is 6. The number of hydrogen-bond donors (Lipinski definition) is 0. The van der Waals surface area contributed by atoms with Crippen LogP contribution in [0.1, 0.15) is 15.9 Å². The van der Waals surface area contributed by atoms with E-state index >= 15 is 0 Å². The molecule has 0 fully saturated rings. The number of benzene rings is 2. The zero-order valence-corrected chi connectivity index (χ0v) is 18.7. The lowest BCUT2D eigenvalue weighted by Crippen LogP contribution is -2.23. The molecule has 0 saturated heterocycles. The molecule has 10 heteroatoms. The van der Waals surface area contributed by atoms with Crippen LogP contribution in [0.4, 0.5) is 0 Å². The Hall–Kier alpha value is -2.39. The van der Waals surface area contributed by atoms with Crippen LogP contribution < -0.4 is 4.74 Å². The van der Waals surface area contributed by atoms with Crippen molar-refractivity contribution in [2.45, 2.75) is 11.5 Å². The van der Waals surface area contributed by atoms with E-state index in [2.05, 4.69) is 4.98 Å². The minimum Gasteiger partial charge on any atom is -0.497 e.